The van der Waals surface area contributed by atoms with Gasteiger partial charge in [0.2, 0.25) is 0 Å². The molecule has 0 amide bonds. The summed E-state index contributed by atoms with van der Waals surface area (Å²) in [6, 6.07) is 8.18. The number of aromatic nitrogens is 1. The maximum atomic E-state index is 3.99. The van der Waals surface area contributed by atoms with Gasteiger partial charge in [-0.15, -0.1) is 17.1 Å². The summed E-state index contributed by atoms with van der Waals surface area (Å²) < 4.78 is 0. The highest BCUT2D eigenvalue weighted by molar-refractivity contribution is 7.16. The number of pyridine rings is 1. The molecular formula is C12H9NS. The molecular weight excluding hydrogens is 190 g/mol. The van der Waals surface area contributed by atoms with Crippen molar-refractivity contribution in [3.8, 4) is 10.4 Å². The van der Waals surface area contributed by atoms with E-state index >= 15 is 0 Å². The van der Waals surface area contributed by atoms with E-state index in [9.17, 15) is 0 Å². The van der Waals surface area contributed by atoms with Gasteiger partial charge in [-0.25, -0.2) is 0 Å². The van der Waals surface area contributed by atoms with Gasteiger partial charge in [-0.2, -0.15) is 0 Å². The predicted octanol–water partition coefficient (Wildman–Crippen LogP) is 3.61. The summed E-state index contributed by atoms with van der Waals surface area (Å²) >= 11 is 1.72. The maximum Gasteiger partial charge on any atom is 0.0353 e. The minimum atomic E-state index is 1.17. The van der Waals surface area contributed by atoms with E-state index < -0.39 is 0 Å². The van der Waals surface area contributed by atoms with Crippen LogP contribution in [0.4, 0.5) is 0 Å². The van der Waals surface area contributed by atoms with Crippen LogP contribution in [-0.2, 0) is 0 Å². The molecule has 0 spiro atoms. The topological polar surface area (TPSA) is 12.9 Å². The van der Waals surface area contributed by atoms with Gasteiger partial charge in [-0.1, -0.05) is 6.58 Å². The molecule has 0 aromatic carbocycles. The van der Waals surface area contributed by atoms with Crippen LogP contribution >= 0.6 is 11.3 Å². The molecule has 0 saturated carbocycles. The predicted molar refractivity (Wildman–Crippen MR) is 61.2 cm³/mol. The fraction of sp³-hybridized carbons (Fsp3) is 0. The van der Waals surface area contributed by atoms with Gasteiger partial charge in [0.15, 0.2) is 0 Å². The summed E-state index contributed by atoms with van der Waals surface area (Å²) in [5, 5.41) is 0. The van der Waals surface area contributed by atoms with Crippen LogP contribution in [0.3, 0.4) is 0 Å². The minimum absolute atomic E-state index is 1.17. The minimum Gasteiger partial charge on any atom is -0.265 e. The molecule has 68 valence electrons. The average molecular weight is 199 g/mol. The molecule has 2 rings (SSSR count). The Morgan fingerprint density at radius 2 is 2.00 bits per heavy atom. The highest BCUT2D eigenvalue weighted by Crippen LogP contribution is 2.27. The second-order valence-electron chi connectivity index (χ2n) is 2.79. The Labute approximate surface area is 87.1 Å². The Hall–Kier alpha value is -1.63. The first-order valence-corrected chi connectivity index (χ1v) is 5.08. The van der Waals surface area contributed by atoms with E-state index in [-0.39, 0.29) is 0 Å². The normalized spacial score (nSPS) is 9.43. The van der Waals surface area contributed by atoms with Crippen LogP contribution in [0.1, 0.15) is 4.88 Å². The zero-order chi connectivity index (χ0) is 9.80. The average Bonchev–Trinajstić information content (AvgIpc) is 2.68. The highest BCUT2D eigenvalue weighted by Gasteiger charge is 1.99. The van der Waals surface area contributed by atoms with Crippen molar-refractivity contribution in [3.05, 3.63) is 53.8 Å². The van der Waals surface area contributed by atoms with Crippen LogP contribution in [0.2, 0.25) is 0 Å². The summed E-state index contributed by atoms with van der Waals surface area (Å²) in [4.78, 5) is 6.41. The van der Waals surface area contributed by atoms with Crippen LogP contribution in [-0.4, -0.2) is 4.98 Å². The molecule has 0 aliphatic rings. The van der Waals surface area contributed by atoms with E-state index in [4.69, 9.17) is 0 Å². The fourth-order valence-electron chi connectivity index (χ4n) is 1.20. The monoisotopic (exact) mass is 199 g/mol. The molecule has 0 fully saturated rings. The van der Waals surface area contributed by atoms with Crippen molar-refractivity contribution in [1.82, 2.24) is 4.98 Å². The first-order chi connectivity index (χ1) is 6.90. The van der Waals surface area contributed by atoms with Gasteiger partial charge in [0.1, 0.15) is 0 Å². The van der Waals surface area contributed by atoms with Crippen molar-refractivity contribution in [3.63, 3.8) is 0 Å². The lowest BCUT2D eigenvalue weighted by Gasteiger charge is -1.93. The Morgan fingerprint density at radius 3 is 2.71 bits per heavy atom. The van der Waals surface area contributed by atoms with Crippen LogP contribution in [0.15, 0.2) is 49.0 Å². The summed E-state index contributed by atoms with van der Waals surface area (Å²) in [5.74, 6) is 0. The van der Waals surface area contributed by atoms with Crippen molar-refractivity contribution in [2.45, 2.75) is 0 Å². The van der Waals surface area contributed by atoms with Crippen LogP contribution < -0.4 is 0 Å². The zero-order valence-electron chi connectivity index (χ0n) is 7.60. The lowest BCUT2D eigenvalue weighted by molar-refractivity contribution is 1.33. The quantitative estimate of drug-likeness (QED) is 0.673. The number of rotatable bonds is 2. The van der Waals surface area contributed by atoms with Gasteiger partial charge >= 0.3 is 0 Å². The van der Waals surface area contributed by atoms with Crippen LogP contribution in [0.5, 0.6) is 0 Å². The maximum absolute atomic E-state index is 3.99. The second kappa shape index (κ2) is 4.05. The van der Waals surface area contributed by atoms with Crippen molar-refractivity contribution in [2.75, 3.05) is 0 Å². The molecule has 0 radical (unpaired) electrons. The molecule has 0 aliphatic heterocycles. The number of thiophene rings is 1. The van der Waals surface area contributed by atoms with Gasteiger partial charge in [0, 0.05) is 22.1 Å². The highest BCUT2D eigenvalue weighted by atomic mass is 32.1. The van der Waals surface area contributed by atoms with Crippen LogP contribution in [0.25, 0.3) is 16.5 Å². The molecule has 2 aromatic heterocycles. The van der Waals surface area contributed by atoms with Gasteiger partial charge in [-0.3, -0.25) is 4.98 Å². The third kappa shape index (κ3) is 1.82. The number of nitrogens with zero attached hydrogens (tertiary/aromatic N) is 1. The van der Waals surface area contributed by atoms with E-state index in [1.807, 2.05) is 18.2 Å². The lowest BCUT2D eigenvalue weighted by atomic mass is 10.2. The van der Waals surface area contributed by atoms with E-state index in [1.165, 1.54) is 15.3 Å². The molecule has 0 saturated heterocycles. The molecule has 2 aromatic rings. The molecule has 1 nitrogen and oxygen atoms in total. The van der Waals surface area contributed by atoms with E-state index in [0.717, 1.165) is 0 Å². The summed E-state index contributed by atoms with van der Waals surface area (Å²) in [6.45, 7) is 3.55. The van der Waals surface area contributed by atoms with Gasteiger partial charge < -0.3 is 0 Å². The summed E-state index contributed by atoms with van der Waals surface area (Å²) in [7, 11) is 0. The fourth-order valence-corrected chi connectivity index (χ4v) is 2.12. The molecule has 2 heterocycles. The third-order valence-corrected chi connectivity index (χ3v) is 2.92. The van der Waals surface area contributed by atoms with Gasteiger partial charge in [0.25, 0.3) is 0 Å². The number of hydrogen-bond donors (Lipinski definition) is 0. The van der Waals surface area contributed by atoms with Crippen LogP contribution in [0, 0.1) is 0 Å². The van der Waals surface area contributed by atoms with Crippen molar-refractivity contribution < 1.29 is 0 Å². The summed E-state index contributed by atoms with van der Waals surface area (Å²) in [5.41, 5.74) is 3.97. The largest absolute Gasteiger partial charge is 0.265 e. The molecule has 0 N–H and O–H groups in total. The molecule has 2 heteroatoms. The Balaban J connectivity index is 2.39. The molecule has 0 bridgehead atoms. The third-order valence-electron chi connectivity index (χ3n) is 1.84. The zero-order valence-corrected chi connectivity index (χ0v) is 8.42. The molecule has 14 heavy (non-hydrogen) atoms. The molecule has 0 unspecified atom stereocenters. The first-order valence-electron chi connectivity index (χ1n) is 4.26. The molecule has 0 atom stereocenters. The van der Waals surface area contributed by atoms with E-state index in [1.54, 1.807) is 23.7 Å². The Morgan fingerprint density at radius 1 is 1.21 bits per heavy atom. The second-order valence-corrected chi connectivity index (χ2v) is 3.90. The van der Waals surface area contributed by atoms with E-state index in [0.29, 0.717) is 0 Å². The first kappa shape index (κ1) is 8.95. The van der Waals surface area contributed by atoms with Crippen molar-refractivity contribution >= 4 is 17.4 Å². The SMILES string of the molecule is C=C=Cc1ccc(-c2ccncc2)s1. The molecule has 0 aliphatic carbocycles. The van der Waals surface area contributed by atoms with E-state index in [2.05, 4.69) is 29.4 Å². The van der Waals surface area contributed by atoms with Gasteiger partial charge in [0.05, 0.1) is 0 Å². The van der Waals surface area contributed by atoms with Crippen molar-refractivity contribution in [1.29, 1.82) is 0 Å². The lowest BCUT2D eigenvalue weighted by Crippen LogP contribution is -1.71. The Kier molecular flexibility index (Phi) is 2.59. The number of hydrogen-bond acceptors (Lipinski definition) is 2. The van der Waals surface area contributed by atoms with Crippen molar-refractivity contribution in [2.24, 2.45) is 0 Å². The Bertz CT molecular complexity index is 464. The van der Waals surface area contributed by atoms with Gasteiger partial charge in [-0.05, 0) is 35.9 Å². The summed E-state index contributed by atoms with van der Waals surface area (Å²) in [6.07, 6.45) is 5.49. The smallest absolute Gasteiger partial charge is 0.0353 e. The standard InChI is InChI=1S/C12H9NS/c1-2-3-11-4-5-12(14-11)10-6-8-13-9-7-10/h3-9H,1H2.